The van der Waals surface area contributed by atoms with Gasteiger partial charge in [-0.25, -0.2) is 0 Å². The van der Waals surface area contributed by atoms with Gasteiger partial charge >= 0.3 is 0 Å². The van der Waals surface area contributed by atoms with Crippen LogP contribution in [0.5, 0.6) is 5.75 Å². The molecule has 2 aromatic carbocycles. The molecule has 138 valence electrons. The van der Waals surface area contributed by atoms with Gasteiger partial charge in [0, 0.05) is 23.8 Å². The minimum atomic E-state index is -0.294. The van der Waals surface area contributed by atoms with Crippen LogP contribution in [0.3, 0.4) is 0 Å². The van der Waals surface area contributed by atoms with Gasteiger partial charge in [0.05, 0.1) is 15.7 Å². The summed E-state index contributed by atoms with van der Waals surface area (Å²) in [5.41, 5.74) is 1.64. The van der Waals surface area contributed by atoms with E-state index in [2.05, 4.69) is 10.2 Å². The van der Waals surface area contributed by atoms with Gasteiger partial charge in [-0.05, 0) is 55.7 Å². The van der Waals surface area contributed by atoms with Crippen molar-refractivity contribution in [1.82, 2.24) is 0 Å². The first-order valence-electron chi connectivity index (χ1n) is 8.45. The maximum atomic E-state index is 12.1. The Morgan fingerprint density at radius 2 is 1.77 bits per heavy atom. The van der Waals surface area contributed by atoms with E-state index in [1.807, 2.05) is 12.1 Å². The first kappa shape index (κ1) is 19.2. The lowest BCUT2D eigenvalue weighted by Crippen LogP contribution is -2.29. The third-order valence-electron chi connectivity index (χ3n) is 4.18. The van der Waals surface area contributed by atoms with Gasteiger partial charge in [-0.3, -0.25) is 4.79 Å². The molecule has 0 radical (unpaired) electrons. The van der Waals surface area contributed by atoms with Gasteiger partial charge < -0.3 is 15.0 Å². The van der Waals surface area contributed by atoms with Gasteiger partial charge in [-0.15, -0.1) is 0 Å². The smallest absolute Gasteiger partial charge is 0.262 e. The van der Waals surface area contributed by atoms with Crippen LogP contribution in [-0.4, -0.2) is 25.6 Å². The van der Waals surface area contributed by atoms with Gasteiger partial charge in [0.25, 0.3) is 5.91 Å². The van der Waals surface area contributed by atoms with Gasteiger partial charge in [-0.1, -0.05) is 34.8 Å². The Morgan fingerprint density at radius 3 is 2.46 bits per heavy atom. The molecule has 1 amide bonds. The van der Waals surface area contributed by atoms with Crippen molar-refractivity contribution >= 4 is 52.1 Å². The molecule has 0 aliphatic carbocycles. The van der Waals surface area contributed by atoms with E-state index in [1.54, 1.807) is 24.3 Å². The Kier molecular flexibility index (Phi) is 6.52. The summed E-state index contributed by atoms with van der Waals surface area (Å²) in [4.78, 5) is 14.4. The average Bonchev–Trinajstić information content (AvgIpc) is 2.62. The van der Waals surface area contributed by atoms with Crippen molar-refractivity contribution in [1.29, 1.82) is 0 Å². The highest BCUT2D eigenvalue weighted by Gasteiger charge is 2.15. The van der Waals surface area contributed by atoms with Crippen LogP contribution in [0, 0.1) is 0 Å². The molecule has 2 aromatic rings. The van der Waals surface area contributed by atoms with Crippen LogP contribution in [0.4, 0.5) is 11.4 Å². The zero-order valence-electron chi connectivity index (χ0n) is 14.1. The molecule has 7 heteroatoms. The molecule has 0 atom stereocenters. The van der Waals surface area contributed by atoms with Gasteiger partial charge in [0.15, 0.2) is 6.61 Å². The SMILES string of the molecule is O=C(COc1ccc(Cl)cc1Cl)Nc1ccc(N2CCCCC2)c(Cl)c1. The summed E-state index contributed by atoms with van der Waals surface area (Å²) in [6.45, 7) is 1.87. The monoisotopic (exact) mass is 412 g/mol. The summed E-state index contributed by atoms with van der Waals surface area (Å²) in [5.74, 6) is 0.113. The summed E-state index contributed by atoms with van der Waals surface area (Å²) in [7, 11) is 0. The molecule has 0 spiro atoms. The van der Waals surface area contributed by atoms with Crippen molar-refractivity contribution in [2.24, 2.45) is 0 Å². The number of carbonyl (C=O) groups excluding carboxylic acids is 1. The number of ether oxygens (including phenoxy) is 1. The summed E-state index contributed by atoms with van der Waals surface area (Å²) >= 11 is 18.3. The number of amides is 1. The lowest BCUT2D eigenvalue weighted by Gasteiger charge is -2.29. The highest BCUT2D eigenvalue weighted by molar-refractivity contribution is 6.35. The Morgan fingerprint density at radius 1 is 1.00 bits per heavy atom. The highest BCUT2D eigenvalue weighted by atomic mass is 35.5. The molecule has 4 nitrogen and oxygen atoms in total. The second kappa shape index (κ2) is 8.85. The van der Waals surface area contributed by atoms with Crippen LogP contribution >= 0.6 is 34.8 Å². The molecule has 0 aromatic heterocycles. The second-order valence-corrected chi connectivity index (χ2v) is 7.38. The molecule has 1 fully saturated rings. The van der Waals surface area contributed by atoms with Crippen LogP contribution in [0.1, 0.15) is 19.3 Å². The molecular weight excluding hydrogens is 395 g/mol. The fraction of sp³-hybridized carbons (Fsp3) is 0.316. The molecule has 0 saturated carbocycles. The second-order valence-electron chi connectivity index (χ2n) is 6.13. The first-order valence-corrected chi connectivity index (χ1v) is 9.58. The minimum absolute atomic E-state index is 0.160. The number of hydrogen-bond acceptors (Lipinski definition) is 3. The third-order valence-corrected chi connectivity index (χ3v) is 5.01. The first-order chi connectivity index (χ1) is 12.5. The largest absolute Gasteiger partial charge is 0.482 e. The summed E-state index contributed by atoms with van der Waals surface area (Å²) in [5, 5.41) is 4.28. The average molecular weight is 414 g/mol. The molecule has 0 unspecified atom stereocenters. The predicted molar refractivity (Wildman–Crippen MR) is 108 cm³/mol. The topological polar surface area (TPSA) is 41.6 Å². The molecule has 1 N–H and O–H groups in total. The Bertz CT molecular complexity index is 792. The Labute approximate surface area is 168 Å². The van der Waals surface area contributed by atoms with E-state index in [0.29, 0.717) is 26.5 Å². The maximum absolute atomic E-state index is 12.1. The van der Waals surface area contributed by atoms with E-state index in [-0.39, 0.29) is 12.5 Å². The lowest BCUT2D eigenvalue weighted by molar-refractivity contribution is -0.118. The Hall–Kier alpha value is -1.62. The lowest BCUT2D eigenvalue weighted by atomic mass is 10.1. The quantitative estimate of drug-likeness (QED) is 0.688. The van der Waals surface area contributed by atoms with Crippen LogP contribution < -0.4 is 15.0 Å². The van der Waals surface area contributed by atoms with Crippen molar-refractivity contribution in [3.63, 3.8) is 0 Å². The Balaban J connectivity index is 1.57. The van der Waals surface area contributed by atoms with Crippen LogP contribution in [0.2, 0.25) is 15.1 Å². The number of rotatable bonds is 5. The van der Waals surface area contributed by atoms with E-state index >= 15 is 0 Å². The van der Waals surface area contributed by atoms with Crippen molar-refractivity contribution in [3.8, 4) is 5.75 Å². The van der Waals surface area contributed by atoms with Gasteiger partial charge in [0.1, 0.15) is 5.75 Å². The third kappa shape index (κ3) is 4.97. The number of hydrogen-bond donors (Lipinski definition) is 1. The normalized spacial score (nSPS) is 14.2. The fourth-order valence-corrected chi connectivity index (χ4v) is 3.67. The van der Waals surface area contributed by atoms with Gasteiger partial charge in [0.2, 0.25) is 0 Å². The molecule has 0 bridgehead atoms. The van der Waals surface area contributed by atoms with E-state index in [4.69, 9.17) is 39.5 Å². The fourth-order valence-electron chi connectivity index (χ4n) is 2.91. The van der Waals surface area contributed by atoms with Crippen molar-refractivity contribution in [3.05, 3.63) is 51.5 Å². The maximum Gasteiger partial charge on any atom is 0.262 e. The molecule has 1 saturated heterocycles. The number of halogens is 3. The van der Waals surface area contributed by atoms with Crippen molar-refractivity contribution in [2.45, 2.75) is 19.3 Å². The van der Waals surface area contributed by atoms with E-state index in [9.17, 15) is 4.79 Å². The molecule has 26 heavy (non-hydrogen) atoms. The molecule has 3 rings (SSSR count). The van der Waals surface area contributed by atoms with Crippen LogP contribution in [0.25, 0.3) is 0 Å². The minimum Gasteiger partial charge on any atom is -0.482 e. The number of piperidine rings is 1. The van der Waals surface area contributed by atoms with Crippen LogP contribution in [-0.2, 0) is 4.79 Å². The van der Waals surface area contributed by atoms with E-state index < -0.39 is 0 Å². The summed E-state index contributed by atoms with van der Waals surface area (Å²) in [6.07, 6.45) is 3.62. The molecule has 1 aliphatic heterocycles. The summed E-state index contributed by atoms with van der Waals surface area (Å²) < 4.78 is 5.43. The van der Waals surface area contributed by atoms with E-state index in [1.165, 1.54) is 19.3 Å². The zero-order chi connectivity index (χ0) is 18.5. The standard InChI is InChI=1S/C19H19Cl3N2O2/c20-13-4-7-18(16(22)10-13)26-12-19(25)23-14-5-6-17(15(21)11-14)24-8-2-1-3-9-24/h4-7,10-11H,1-3,8-9,12H2,(H,23,25). The number of benzene rings is 2. The summed E-state index contributed by atoms with van der Waals surface area (Å²) in [6, 6.07) is 10.4. The highest BCUT2D eigenvalue weighted by Crippen LogP contribution is 2.31. The number of anilines is 2. The molecule has 1 heterocycles. The van der Waals surface area contributed by atoms with Gasteiger partial charge in [-0.2, -0.15) is 0 Å². The molecular formula is C19H19Cl3N2O2. The number of nitrogens with one attached hydrogen (secondary N) is 1. The zero-order valence-corrected chi connectivity index (χ0v) is 16.4. The predicted octanol–water partition coefficient (Wildman–Crippen LogP) is 5.65. The van der Waals surface area contributed by atoms with Crippen LogP contribution in [0.15, 0.2) is 36.4 Å². The van der Waals surface area contributed by atoms with Crippen molar-refractivity contribution in [2.75, 3.05) is 29.9 Å². The number of carbonyl (C=O) groups is 1. The van der Waals surface area contributed by atoms with E-state index in [0.717, 1.165) is 18.8 Å². The van der Waals surface area contributed by atoms with Crippen molar-refractivity contribution < 1.29 is 9.53 Å². The molecule has 1 aliphatic rings. The number of nitrogens with zero attached hydrogens (tertiary/aromatic N) is 1.